The average Bonchev–Trinajstić information content (AvgIpc) is 2.03. The SMILES string of the molecule is Cc1cccc(CCl)c1C(=O)O. The van der Waals surface area contributed by atoms with Crippen LogP contribution in [-0.2, 0) is 5.88 Å². The van der Waals surface area contributed by atoms with Gasteiger partial charge in [-0.15, -0.1) is 11.6 Å². The molecule has 0 heterocycles. The molecule has 0 aliphatic heterocycles. The highest BCUT2D eigenvalue weighted by atomic mass is 35.5. The van der Waals surface area contributed by atoms with E-state index in [0.29, 0.717) is 11.1 Å². The van der Waals surface area contributed by atoms with E-state index >= 15 is 0 Å². The lowest BCUT2D eigenvalue weighted by atomic mass is 10.0. The van der Waals surface area contributed by atoms with Gasteiger partial charge < -0.3 is 5.11 Å². The van der Waals surface area contributed by atoms with Crippen molar-refractivity contribution in [3.8, 4) is 0 Å². The van der Waals surface area contributed by atoms with Crippen LogP contribution in [0.1, 0.15) is 21.5 Å². The number of carboxylic acids is 1. The Hall–Kier alpha value is -1.02. The Kier molecular flexibility index (Phi) is 2.71. The number of rotatable bonds is 2. The number of carbonyl (C=O) groups is 1. The Bertz CT molecular complexity index is 307. The van der Waals surface area contributed by atoms with Crippen LogP contribution < -0.4 is 0 Å². The molecule has 1 aromatic rings. The monoisotopic (exact) mass is 184 g/mol. The van der Waals surface area contributed by atoms with Gasteiger partial charge in [0.25, 0.3) is 0 Å². The molecule has 1 N–H and O–H groups in total. The molecule has 2 nitrogen and oxygen atoms in total. The van der Waals surface area contributed by atoms with E-state index < -0.39 is 5.97 Å². The zero-order valence-corrected chi connectivity index (χ0v) is 7.43. The maximum atomic E-state index is 10.7. The van der Waals surface area contributed by atoms with Crippen molar-refractivity contribution in [2.45, 2.75) is 12.8 Å². The summed E-state index contributed by atoms with van der Waals surface area (Å²) in [6.07, 6.45) is 0. The largest absolute Gasteiger partial charge is 0.478 e. The molecule has 64 valence electrons. The van der Waals surface area contributed by atoms with Gasteiger partial charge in [-0.25, -0.2) is 4.79 Å². The lowest BCUT2D eigenvalue weighted by Crippen LogP contribution is -2.03. The lowest BCUT2D eigenvalue weighted by Gasteiger charge is -2.04. The summed E-state index contributed by atoms with van der Waals surface area (Å²) < 4.78 is 0. The molecule has 0 spiro atoms. The van der Waals surface area contributed by atoms with Crippen molar-refractivity contribution in [2.75, 3.05) is 0 Å². The van der Waals surface area contributed by atoms with Crippen molar-refractivity contribution in [1.29, 1.82) is 0 Å². The van der Waals surface area contributed by atoms with Gasteiger partial charge in [-0.2, -0.15) is 0 Å². The van der Waals surface area contributed by atoms with Crippen molar-refractivity contribution in [2.24, 2.45) is 0 Å². The number of halogens is 1. The van der Waals surface area contributed by atoms with Crippen LogP contribution in [0.15, 0.2) is 18.2 Å². The Balaban J connectivity index is 3.29. The van der Waals surface area contributed by atoms with Gasteiger partial charge >= 0.3 is 5.97 Å². The van der Waals surface area contributed by atoms with Crippen LogP contribution in [0, 0.1) is 6.92 Å². The fourth-order valence-corrected chi connectivity index (χ4v) is 1.37. The topological polar surface area (TPSA) is 37.3 Å². The second-order valence-electron chi connectivity index (χ2n) is 2.55. The number of benzene rings is 1. The minimum absolute atomic E-state index is 0.239. The summed E-state index contributed by atoms with van der Waals surface area (Å²) in [5, 5.41) is 8.82. The predicted molar refractivity (Wildman–Crippen MR) is 47.7 cm³/mol. The molecule has 1 aromatic carbocycles. The van der Waals surface area contributed by atoms with E-state index in [4.69, 9.17) is 16.7 Å². The van der Waals surface area contributed by atoms with E-state index in [1.807, 2.05) is 0 Å². The van der Waals surface area contributed by atoms with E-state index in [1.54, 1.807) is 25.1 Å². The fourth-order valence-electron chi connectivity index (χ4n) is 1.15. The van der Waals surface area contributed by atoms with Gasteiger partial charge in [0.1, 0.15) is 0 Å². The summed E-state index contributed by atoms with van der Waals surface area (Å²) in [7, 11) is 0. The molecule has 0 fully saturated rings. The second kappa shape index (κ2) is 3.59. The third-order valence-electron chi connectivity index (χ3n) is 1.72. The van der Waals surface area contributed by atoms with Gasteiger partial charge in [0.15, 0.2) is 0 Å². The van der Waals surface area contributed by atoms with Crippen LogP contribution >= 0.6 is 11.6 Å². The standard InChI is InChI=1S/C9H9ClO2/c1-6-3-2-4-7(5-10)8(6)9(11)12/h2-4H,5H2,1H3,(H,11,12). The summed E-state index contributed by atoms with van der Waals surface area (Å²) in [6, 6.07) is 5.29. The summed E-state index contributed by atoms with van der Waals surface area (Å²) in [5.41, 5.74) is 1.75. The fraction of sp³-hybridized carbons (Fsp3) is 0.222. The Labute approximate surface area is 75.8 Å². The number of carboxylic acid groups (broad SMARTS) is 1. The molecule has 0 aliphatic carbocycles. The lowest BCUT2D eigenvalue weighted by molar-refractivity contribution is 0.0695. The first-order valence-corrected chi connectivity index (χ1v) is 4.08. The zero-order valence-electron chi connectivity index (χ0n) is 6.67. The number of hydrogen-bond acceptors (Lipinski definition) is 1. The van der Waals surface area contributed by atoms with Crippen molar-refractivity contribution in [1.82, 2.24) is 0 Å². The normalized spacial score (nSPS) is 9.83. The van der Waals surface area contributed by atoms with E-state index in [-0.39, 0.29) is 5.88 Å². The molecule has 0 saturated heterocycles. The van der Waals surface area contributed by atoms with Gasteiger partial charge in [-0.3, -0.25) is 0 Å². The molecule has 0 bridgehead atoms. The zero-order chi connectivity index (χ0) is 9.14. The van der Waals surface area contributed by atoms with Crippen molar-refractivity contribution < 1.29 is 9.90 Å². The second-order valence-corrected chi connectivity index (χ2v) is 2.82. The Morgan fingerprint density at radius 3 is 2.67 bits per heavy atom. The van der Waals surface area contributed by atoms with Gasteiger partial charge in [0.2, 0.25) is 0 Å². The highest BCUT2D eigenvalue weighted by Crippen LogP contribution is 2.15. The van der Waals surface area contributed by atoms with E-state index in [1.165, 1.54) is 0 Å². The van der Waals surface area contributed by atoms with Crippen LogP contribution in [0.3, 0.4) is 0 Å². The minimum atomic E-state index is -0.913. The number of alkyl halides is 1. The number of hydrogen-bond donors (Lipinski definition) is 1. The summed E-state index contributed by atoms with van der Waals surface area (Å²) in [4.78, 5) is 10.7. The number of aryl methyl sites for hydroxylation is 1. The molecule has 3 heteroatoms. The van der Waals surface area contributed by atoms with Crippen molar-refractivity contribution >= 4 is 17.6 Å². The van der Waals surface area contributed by atoms with Crippen LogP contribution in [0.4, 0.5) is 0 Å². The summed E-state index contributed by atoms with van der Waals surface area (Å²) in [5.74, 6) is -0.674. The van der Waals surface area contributed by atoms with Crippen LogP contribution in [0.25, 0.3) is 0 Å². The molecule has 0 atom stereocenters. The highest BCUT2D eigenvalue weighted by Gasteiger charge is 2.10. The summed E-state index contributed by atoms with van der Waals surface area (Å²) in [6.45, 7) is 1.76. The van der Waals surface area contributed by atoms with E-state index in [2.05, 4.69) is 0 Å². The predicted octanol–water partition coefficient (Wildman–Crippen LogP) is 2.43. The molecule has 0 unspecified atom stereocenters. The minimum Gasteiger partial charge on any atom is -0.478 e. The average molecular weight is 185 g/mol. The molecule has 0 aliphatic rings. The molecule has 0 saturated carbocycles. The van der Waals surface area contributed by atoms with Gasteiger partial charge in [-0.1, -0.05) is 18.2 Å². The quantitative estimate of drug-likeness (QED) is 0.717. The maximum absolute atomic E-state index is 10.7. The third-order valence-corrected chi connectivity index (χ3v) is 2.00. The van der Waals surface area contributed by atoms with Gasteiger partial charge in [0, 0.05) is 5.88 Å². The highest BCUT2D eigenvalue weighted by molar-refractivity contribution is 6.17. The molecular formula is C9H9ClO2. The van der Waals surface area contributed by atoms with E-state index in [0.717, 1.165) is 5.56 Å². The number of aromatic carboxylic acids is 1. The molecular weight excluding hydrogens is 176 g/mol. The van der Waals surface area contributed by atoms with Gasteiger partial charge in [-0.05, 0) is 18.1 Å². The van der Waals surface area contributed by atoms with Crippen LogP contribution in [0.2, 0.25) is 0 Å². The first-order valence-electron chi connectivity index (χ1n) is 3.54. The molecule has 1 rings (SSSR count). The van der Waals surface area contributed by atoms with Crippen molar-refractivity contribution in [3.63, 3.8) is 0 Å². The molecule has 0 radical (unpaired) electrons. The van der Waals surface area contributed by atoms with Crippen LogP contribution in [-0.4, -0.2) is 11.1 Å². The van der Waals surface area contributed by atoms with Crippen LogP contribution in [0.5, 0.6) is 0 Å². The molecule has 12 heavy (non-hydrogen) atoms. The van der Waals surface area contributed by atoms with E-state index in [9.17, 15) is 4.79 Å². The first-order chi connectivity index (χ1) is 5.66. The maximum Gasteiger partial charge on any atom is 0.336 e. The Morgan fingerprint density at radius 2 is 2.25 bits per heavy atom. The molecule has 0 amide bonds. The third kappa shape index (κ3) is 1.59. The Morgan fingerprint density at radius 1 is 1.58 bits per heavy atom. The van der Waals surface area contributed by atoms with Gasteiger partial charge in [0.05, 0.1) is 5.56 Å². The summed E-state index contributed by atoms with van der Waals surface area (Å²) >= 11 is 5.58. The smallest absolute Gasteiger partial charge is 0.336 e. The molecule has 0 aromatic heterocycles. The van der Waals surface area contributed by atoms with Crippen molar-refractivity contribution in [3.05, 3.63) is 34.9 Å². The first kappa shape index (κ1) is 9.07.